The highest BCUT2D eigenvalue weighted by atomic mass is 32.2. The minimum absolute atomic E-state index is 0.0150. The molecule has 0 amide bonds. The van der Waals surface area contributed by atoms with E-state index in [0.29, 0.717) is 60.1 Å². The number of aliphatic hydroxyl groups is 2. The SMILES string of the molecule is CCCCOc1ccc([S+]2CCOC(C)C2)c2ccccc12.CCOCCOc1ccc([S+]2CCOC(O)C2)c2ccccc12.COc1ccc([S+]2CCCC(C)C2)c2ccccc12.COc1ccc([S+]2CCCC(O)C2)c2ccccc12. The summed E-state index contributed by atoms with van der Waals surface area (Å²) >= 11 is 0. The maximum absolute atomic E-state index is 9.90. The molecule has 4 heterocycles. The van der Waals surface area contributed by atoms with Gasteiger partial charge in [-0.2, -0.15) is 0 Å². The number of hydrogen-bond donors (Lipinski definition) is 2. The van der Waals surface area contributed by atoms with Crippen LogP contribution in [-0.2, 0) is 57.8 Å². The second-order valence-electron chi connectivity index (χ2n) is 21.6. The third kappa shape index (κ3) is 16.6. The van der Waals surface area contributed by atoms with Crippen LogP contribution in [0.15, 0.2) is 165 Å². The fourth-order valence-corrected chi connectivity index (χ4v) is 20.9. The summed E-state index contributed by atoms with van der Waals surface area (Å²) in [7, 11) is 4.37. The van der Waals surface area contributed by atoms with E-state index in [2.05, 4.69) is 148 Å². The fraction of sp³-hybridized carbons (Fsp3) is 0.429. The molecule has 0 aliphatic carbocycles. The molecule has 442 valence electrons. The van der Waals surface area contributed by atoms with Gasteiger partial charge in [0.15, 0.2) is 25.3 Å². The van der Waals surface area contributed by atoms with E-state index in [9.17, 15) is 10.2 Å². The lowest BCUT2D eigenvalue weighted by Crippen LogP contribution is -2.34. The zero-order chi connectivity index (χ0) is 57.9. The van der Waals surface area contributed by atoms with E-state index in [1.165, 1.54) is 82.5 Å². The minimum atomic E-state index is -0.645. The monoisotopic (exact) mass is 1200 g/mol. The zero-order valence-electron chi connectivity index (χ0n) is 49.7. The Morgan fingerprint density at radius 1 is 0.446 bits per heavy atom. The molecule has 13 heteroatoms. The normalized spacial score (nSPS) is 22.5. The Morgan fingerprint density at radius 2 is 0.867 bits per heavy atom. The van der Waals surface area contributed by atoms with Crippen molar-refractivity contribution in [2.24, 2.45) is 5.92 Å². The Balaban J connectivity index is 0.000000133. The van der Waals surface area contributed by atoms with Crippen molar-refractivity contribution in [3.8, 4) is 23.0 Å². The van der Waals surface area contributed by atoms with E-state index >= 15 is 0 Å². The van der Waals surface area contributed by atoms with E-state index in [4.69, 9.17) is 33.2 Å². The highest BCUT2D eigenvalue weighted by Crippen LogP contribution is 2.38. The molecule has 9 nitrogen and oxygen atoms in total. The van der Waals surface area contributed by atoms with Crippen molar-refractivity contribution >= 4 is 86.7 Å². The van der Waals surface area contributed by atoms with Gasteiger partial charge in [0.2, 0.25) is 6.29 Å². The smallest absolute Gasteiger partial charge is 0.200 e. The van der Waals surface area contributed by atoms with Gasteiger partial charge in [0, 0.05) is 99.2 Å². The number of methoxy groups -OCH3 is 2. The Kier molecular flexibility index (Phi) is 24.2. The average molecular weight is 1200 g/mol. The number of benzene rings is 8. The van der Waals surface area contributed by atoms with Crippen molar-refractivity contribution in [1.29, 1.82) is 0 Å². The molecule has 8 aromatic rings. The molecule has 8 aromatic carbocycles. The van der Waals surface area contributed by atoms with Gasteiger partial charge in [-0.1, -0.05) is 93.1 Å². The van der Waals surface area contributed by atoms with Crippen LogP contribution in [0.4, 0.5) is 0 Å². The van der Waals surface area contributed by atoms with Gasteiger partial charge in [0.05, 0.1) is 52.9 Å². The molecule has 83 heavy (non-hydrogen) atoms. The van der Waals surface area contributed by atoms with Gasteiger partial charge in [-0.05, 0) is 119 Å². The third-order valence-electron chi connectivity index (χ3n) is 15.6. The molecule has 0 spiro atoms. The zero-order valence-corrected chi connectivity index (χ0v) is 53.0. The second-order valence-corrected chi connectivity index (χ2v) is 30.3. The maximum Gasteiger partial charge on any atom is 0.200 e. The van der Waals surface area contributed by atoms with Crippen LogP contribution in [0.2, 0.25) is 0 Å². The van der Waals surface area contributed by atoms with E-state index in [0.717, 1.165) is 96.2 Å². The largest absolute Gasteiger partial charge is 0.496 e. The number of rotatable bonds is 15. The first-order chi connectivity index (χ1) is 40.7. The van der Waals surface area contributed by atoms with Crippen LogP contribution in [-0.4, -0.2) is 129 Å². The summed E-state index contributed by atoms with van der Waals surface area (Å²) in [5.74, 6) is 13.5. The maximum atomic E-state index is 9.90. The van der Waals surface area contributed by atoms with Crippen LogP contribution in [0, 0.1) is 5.92 Å². The predicted molar refractivity (Wildman–Crippen MR) is 354 cm³/mol. The molecule has 12 rings (SSSR count). The molecule has 0 aromatic heterocycles. The fourth-order valence-electron chi connectivity index (χ4n) is 11.4. The van der Waals surface area contributed by atoms with Crippen LogP contribution in [0.3, 0.4) is 0 Å². The van der Waals surface area contributed by atoms with Gasteiger partial charge < -0.3 is 43.4 Å². The Labute approximate surface area is 505 Å². The number of hydrogen-bond acceptors (Lipinski definition) is 9. The summed E-state index contributed by atoms with van der Waals surface area (Å²) < 4.78 is 39.1. The van der Waals surface area contributed by atoms with Crippen LogP contribution < -0.4 is 18.9 Å². The summed E-state index contributed by atoms with van der Waals surface area (Å²) in [5.41, 5.74) is 0. The van der Waals surface area contributed by atoms with E-state index < -0.39 is 6.29 Å². The van der Waals surface area contributed by atoms with E-state index in [1.807, 2.05) is 25.1 Å². The van der Waals surface area contributed by atoms with Crippen LogP contribution in [0.25, 0.3) is 43.1 Å². The molecule has 2 N–H and O–H groups in total. The summed E-state index contributed by atoms with van der Waals surface area (Å²) in [4.78, 5) is 5.70. The summed E-state index contributed by atoms with van der Waals surface area (Å²) in [5, 5.41) is 29.7. The Hall–Kier alpha value is -4.80. The van der Waals surface area contributed by atoms with Gasteiger partial charge in [0.25, 0.3) is 0 Å². The molecule has 8 unspecified atom stereocenters. The lowest BCUT2D eigenvalue weighted by atomic mass is 10.1. The third-order valence-corrected chi connectivity index (χ3v) is 25.7. The molecular formula is C70H88O9S4+4. The molecular weight excluding hydrogens is 1110 g/mol. The number of fused-ring (bicyclic) bond motifs is 4. The second kappa shape index (κ2) is 32.1. The summed E-state index contributed by atoms with van der Waals surface area (Å²) in [6.45, 7) is 12.9. The number of ether oxygens (including phenoxy) is 7. The minimum Gasteiger partial charge on any atom is -0.496 e. The molecule has 0 saturated carbocycles. The van der Waals surface area contributed by atoms with Crippen molar-refractivity contribution in [2.45, 2.75) is 104 Å². The lowest BCUT2D eigenvalue weighted by Gasteiger charge is -2.21. The van der Waals surface area contributed by atoms with E-state index in [1.54, 1.807) is 19.1 Å². The molecule has 0 bridgehead atoms. The highest BCUT2D eigenvalue weighted by Gasteiger charge is 2.35. The highest BCUT2D eigenvalue weighted by molar-refractivity contribution is 7.98. The number of aliphatic hydroxyl groups excluding tert-OH is 2. The van der Waals surface area contributed by atoms with Crippen LogP contribution >= 0.6 is 0 Å². The first-order valence-corrected chi connectivity index (χ1v) is 36.2. The van der Waals surface area contributed by atoms with Crippen molar-refractivity contribution in [3.05, 3.63) is 146 Å². The average Bonchev–Trinajstić information content (AvgIpc) is 3.70. The van der Waals surface area contributed by atoms with Crippen LogP contribution in [0.1, 0.15) is 66.2 Å². The molecule has 4 aliphatic heterocycles. The standard InChI is InChI=1S/C19H25O2S.C18H23O4S.C17H21OS.C16H19O2S/c1-3-4-11-21-18-9-10-19(17-8-6-5-7-16(17)18)22-13-12-20-15(2)14-22;1-2-20-9-10-21-16-7-8-17(15-6-4-3-5-14(15)16)23-12-11-22-18(19)13-23;1-13-6-5-11-19(12-13)17-10-9-16(18-2)14-7-3-4-8-15(14)17;1-18-15-8-9-16(14-7-3-2-6-13(14)15)19-10-4-5-12(17)11-19/h5-10,15H,3-4,11-14H2,1-2H3;3-8,18-19H,2,9-13H2,1H3;3-4,7-10,13H,5-6,11-12H2,1-2H3;2-3,6-9,12,17H,4-5,10-11H2,1H3/q4*+1. The van der Waals surface area contributed by atoms with Gasteiger partial charge >= 0.3 is 0 Å². The van der Waals surface area contributed by atoms with Gasteiger partial charge in [-0.15, -0.1) is 0 Å². The van der Waals surface area contributed by atoms with Crippen molar-refractivity contribution in [3.63, 3.8) is 0 Å². The predicted octanol–water partition coefficient (Wildman–Crippen LogP) is 14.2. The van der Waals surface area contributed by atoms with Gasteiger partial charge in [-0.3, -0.25) is 0 Å². The van der Waals surface area contributed by atoms with E-state index in [-0.39, 0.29) is 27.9 Å². The first-order valence-electron chi connectivity index (χ1n) is 29.9. The first kappa shape index (κ1) is 62.7. The number of unbranched alkanes of at least 4 members (excludes halogenated alkanes) is 1. The topological polar surface area (TPSA) is 105 Å². The molecule has 4 aliphatic rings. The molecule has 8 atom stereocenters. The molecule has 0 radical (unpaired) electrons. The quantitative estimate of drug-likeness (QED) is 0.0767. The molecule has 4 saturated heterocycles. The molecule has 4 fully saturated rings. The summed E-state index contributed by atoms with van der Waals surface area (Å²) in [6, 6.07) is 51.4. The Morgan fingerprint density at radius 3 is 1.31 bits per heavy atom. The Bertz CT molecular complexity index is 3200. The summed E-state index contributed by atoms with van der Waals surface area (Å²) in [6.07, 6.45) is 6.74. The van der Waals surface area contributed by atoms with Gasteiger partial charge in [-0.25, -0.2) is 0 Å². The van der Waals surface area contributed by atoms with Crippen molar-refractivity contribution in [2.75, 3.05) is 99.9 Å². The van der Waals surface area contributed by atoms with Gasteiger partial charge in [0.1, 0.15) is 69.9 Å². The van der Waals surface area contributed by atoms with Crippen molar-refractivity contribution in [1.82, 2.24) is 0 Å². The van der Waals surface area contributed by atoms with Crippen molar-refractivity contribution < 1.29 is 43.4 Å². The van der Waals surface area contributed by atoms with Crippen LogP contribution in [0.5, 0.6) is 23.0 Å². The lowest BCUT2D eigenvalue weighted by molar-refractivity contribution is -0.0806.